The summed E-state index contributed by atoms with van der Waals surface area (Å²) in [5.74, 6) is -2.29. The van der Waals surface area contributed by atoms with E-state index >= 15 is 0 Å². The molecule has 1 fully saturated rings. The first-order valence-electron chi connectivity index (χ1n) is 13.4. The average Bonchev–Trinajstić information content (AvgIpc) is 3.55. The third-order valence-electron chi connectivity index (χ3n) is 6.81. The van der Waals surface area contributed by atoms with Crippen molar-refractivity contribution in [3.05, 3.63) is 71.9 Å². The molecule has 1 aliphatic rings. The Kier molecular flexibility index (Phi) is 8.77. The molecule has 0 spiro atoms. The molecule has 10 heteroatoms. The van der Waals surface area contributed by atoms with E-state index in [4.69, 9.17) is 4.74 Å². The van der Waals surface area contributed by atoms with Crippen LogP contribution in [0.3, 0.4) is 0 Å². The van der Waals surface area contributed by atoms with E-state index in [-0.39, 0.29) is 12.8 Å². The fraction of sp³-hybridized carbons (Fsp3) is 0.400. The van der Waals surface area contributed by atoms with E-state index in [9.17, 15) is 24.3 Å². The molecule has 0 aliphatic carbocycles. The number of hydrogen-bond donors (Lipinski definition) is 4. The SMILES string of the molecule is CC(C)(C)OC(=O)N1CCC[C@H]1C(=O)N[C@H](Cc1c[nH]c2ccccc12)C(=O)N[C@@H](Cc1ccccc1)C(=O)O. The van der Waals surface area contributed by atoms with Crippen LogP contribution in [0.4, 0.5) is 4.79 Å². The molecule has 0 unspecified atom stereocenters. The third kappa shape index (κ3) is 7.19. The zero-order valence-corrected chi connectivity index (χ0v) is 23.0. The normalized spacial score (nSPS) is 16.8. The Labute approximate surface area is 233 Å². The zero-order chi connectivity index (χ0) is 28.9. The van der Waals surface area contributed by atoms with Gasteiger partial charge in [0.25, 0.3) is 0 Å². The van der Waals surface area contributed by atoms with Gasteiger partial charge in [0.05, 0.1) is 0 Å². The van der Waals surface area contributed by atoms with Gasteiger partial charge in [0.15, 0.2) is 0 Å². The second-order valence-corrected chi connectivity index (χ2v) is 11.0. The Balaban J connectivity index is 1.55. The summed E-state index contributed by atoms with van der Waals surface area (Å²) in [5, 5.41) is 16.2. The highest BCUT2D eigenvalue weighted by atomic mass is 16.6. The number of fused-ring (bicyclic) bond motifs is 1. The van der Waals surface area contributed by atoms with E-state index in [1.807, 2.05) is 30.3 Å². The molecule has 0 radical (unpaired) electrons. The van der Waals surface area contributed by atoms with Gasteiger partial charge in [-0.3, -0.25) is 14.5 Å². The molecule has 3 amide bonds. The average molecular weight is 549 g/mol. The lowest BCUT2D eigenvalue weighted by Crippen LogP contribution is -2.56. The molecule has 2 heterocycles. The Morgan fingerprint density at radius 1 is 1.00 bits per heavy atom. The lowest BCUT2D eigenvalue weighted by atomic mass is 10.0. The van der Waals surface area contributed by atoms with Crippen LogP contribution in [0.2, 0.25) is 0 Å². The number of hydrogen-bond acceptors (Lipinski definition) is 5. The summed E-state index contributed by atoms with van der Waals surface area (Å²) in [6.45, 7) is 5.63. The Hall–Kier alpha value is -4.34. The second-order valence-electron chi connectivity index (χ2n) is 11.0. The maximum absolute atomic E-state index is 13.6. The van der Waals surface area contributed by atoms with Gasteiger partial charge in [-0.25, -0.2) is 9.59 Å². The molecule has 0 saturated carbocycles. The Bertz CT molecular complexity index is 1360. The van der Waals surface area contributed by atoms with Crippen LogP contribution in [0.25, 0.3) is 10.9 Å². The van der Waals surface area contributed by atoms with Gasteiger partial charge in [0.2, 0.25) is 11.8 Å². The van der Waals surface area contributed by atoms with E-state index in [0.29, 0.717) is 19.4 Å². The van der Waals surface area contributed by atoms with Crippen LogP contribution in [0.15, 0.2) is 60.8 Å². The van der Waals surface area contributed by atoms with Crippen LogP contribution in [0, 0.1) is 0 Å². The second kappa shape index (κ2) is 12.2. The van der Waals surface area contributed by atoms with Crippen molar-refractivity contribution in [1.29, 1.82) is 0 Å². The standard InChI is InChI=1S/C30H36N4O6/c1-30(2,3)40-29(39)34-15-9-14-25(34)27(36)32-23(17-20-18-31-22-13-8-7-12-21(20)22)26(35)33-24(28(37)38)16-19-10-5-4-6-11-19/h4-8,10-13,18,23-25,31H,9,14-17H2,1-3H3,(H,32,36)(H,33,35)(H,37,38)/t23-,24+,25+/m1/s1. The lowest BCUT2D eigenvalue weighted by molar-refractivity contribution is -0.142. The van der Waals surface area contributed by atoms with Crippen LogP contribution < -0.4 is 10.6 Å². The van der Waals surface area contributed by atoms with E-state index < -0.39 is 47.6 Å². The van der Waals surface area contributed by atoms with E-state index in [1.54, 1.807) is 51.2 Å². The van der Waals surface area contributed by atoms with Crippen LogP contribution in [0.1, 0.15) is 44.7 Å². The molecule has 3 aromatic rings. The highest BCUT2D eigenvalue weighted by Crippen LogP contribution is 2.23. The molecule has 10 nitrogen and oxygen atoms in total. The van der Waals surface area contributed by atoms with Crippen molar-refractivity contribution in [3.63, 3.8) is 0 Å². The minimum atomic E-state index is -1.19. The number of rotatable bonds is 9. The third-order valence-corrected chi connectivity index (χ3v) is 6.81. The number of para-hydroxylation sites is 1. The molecule has 4 N–H and O–H groups in total. The van der Waals surface area contributed by atoms with Crippen molar-refractivity contribution in [1.82, 2.24) is 20.5 Å². The molecular weight excluding hydrogens is 512 g/mol. The van der Waals surface area contributed by atoms with Gasteiger partial charge in [-0.15, -0.1) is 0 Å². The number of aliphatic carboxylic acids is 1. The summed E-state index contributed by atoms with van der Waals surface area (Å²) >= 11 is 0. The quantitative estimate of drug-likeness (QED) is 0.323. The highest BCUT2D eigenvalue weighted by molar-refractivity contribution is 5.94. The number of ether oxygens (including phenoxy) is 1. The van der Waals surface area contributed by atoms with Crippen LogP contribution >= 0.6 is 0 Å². The molecule has 40 heavy (non-hydrogen) atoms. The molecule has 4 rings (SSSR count). The first-order valence-corrected chi connectivity index (χ1v) is 13.4. The highest BCUT2D eigenvalue weighted by Gasteiger charge is 2.38. The smallest absolute Gasteiger partial charge is 0.410 e. The summed E-state index contributed by atoms with van der Waals surface area (Å²) < 4.78 is 5.48. The van der Waals surface area contributed by atoms with Crippen molar-refractivity contribution in [2.45, 2.75) is 70.2 Å². The molecular formula is C30H36N4O6. The minimum absolute atomic E-state index is 0.0880. The largest absolute Gasteiger partial charge is 0.480 e. The summed E-state index contributed by atoms with van der Waals surface area (Å²) in [7, 11) is 0. The van der Waals surface area contributed by atoms with Crippen LogP contribution in [0.5, 0.6) is 0 Å². The number of likely N-dealkylation sites (tertiary alicyclic amines) is 1. The van der Waals surface area contributed by atoms with E-state index in [2.05, 4.69) is 15.6 Å². The van der Waals surface area contributed by atoms with Gasteiger partial charge in [-0.05, 0) is 50.8 Å². The van der Waals surface area contributed by atoms with Crippen LogP contribution in [-0.2, 0) is 32.0 Å². The molecule has 1 aliphatic heterocycles. The fourth-order valence-electron chi connectivity index (χ4n) is 4.90. The monoisotopic (exact) mass is 548 g/mol. The van der Waals surface area contributed by atoms with Crippen molar-refractivity contribution in [3.8, 4) is 0 Å². The van der Waals surface area contributed by atoms with Gasteiger partial charge < -0.3 is 25.5 Å². The number of amides is 3. The summed E-state index contributed by atoms with van der Waals surface area (Å²) in [6, 6.07) is 13.5. The number of H-pyrrole nitrogens is 1. The zero-order valence-electron chi connectivity index (χ0n) is 23.0. The topological polar surface area (TPSA) is 141 Å². The van der Waals surface area contributed by atoms with Crippen molar-refractivity contribution in [2.24, 2.45) is 0 Å². The summed E-state index contributed by atoms with van der Waals surface area (Å²) in [5.41, 5.74) is 1.71. The van der Waals surface area contributed by atoms with E-state index in [1.165, 1.54) is 4.90 Å². The summed E-state index contributed by atoms with van der Waals surface area (Å²) in [4.78, 5) is 56.4. The number of nitrogens with zero attached hydrogens (tertiary/aromatic N) is 1. The van der Waals surface area contributed by atoms with Gasteiger partial charge >= 0.3 is 12.1 Å². The molecule has 0 bridgehead atoms. The van der Waals surface area contributed by atoms with Gasteiger partial charge in [0.1, 0.15) is 23.7 Å². The predicted octanol–water partition coefficient (Wildman–Crippen LogP) is 3.41. The van der Waals surface area contributed by atoms with Crippen molar-refractivity contribution in [2.75, 3.05) is 6.54 Å². The predicted molar refractivity (Wildman–Crippen MR) is 150 cm³/mol. The Morgan fingerprint density at radius 3 is 2.40 bits per heavy atom. The summed E-state index contributed by atoms with van der Waals surface area (Å²) in [6.07, 6.45) is 2.45. The minimum Gasteiger partial charge on any atom is -0.480 e. The molecule has 3 atom stereocenters. The van der Waals surface area contributed by atoms with Crippen molar-refractivity contribution >= 4 is 34.8 Å². The van der Waals surface area contributed by atoms with Gasteiger partial charge in [-0.1, -0.05) is 48.5 Å². The number of aromatic nitrogens is 1. The maximum atomic E-state index is 13.6. The van der Waals surface area contributed by atoms with Crippen LogP contribution in [-0.4, -0.2) is 69.1 Å². The number of carbonyl (C=O) groups excluding carboxylic acids is 3. The number of aromatic amines is 1. The van der Waals surface area contributed by atoms with E-state index in [0.717, 1.165) is 22.0 Å². The Morgan fingerprint density at radius 2 is 1.70 bits per heavy atom. The number of benzene rings is 2. The number of carbonyl (C=O) groups is 4. The first-order chi connectivity index (χ1) is 19.0. The first kappa shape index (κ1) is 28.7. The molecule has 1 aromatic heterocycles. The lowest BCUT2D eigenvalue weighted by Gasteiger charge is -2.29. The fourth-order valence-corrected chi connectivity index (χ4v) is 4.90. The number of carboxylic acids is 1. The maximum Gasteiger partial charge on any atom is 0.410 e. The number of carboxylic acid groups (broad SMARTS) is 1. The molecule has 1 saturated heterocycles. The van der Waals surface area contributed by atoms with Gasteiger partial charge in [0, 0.05) is 36.5 Å². The number of nitrogens with one attached hydrogen (secondary N) is 3. The molecule has 2 aromatic carbocycles. The molecule has 212 valence electrons. The van der Waals surface area contributed by atoms with Crippen molar-refractivity contribution < 1.29 is 29.0 Å². The van der Waals surface area contributed by atoms with Gasteiger partial charge in [-0.2, -0.15) is 0 Å².